The number of hydrogen-bond donors (Lipinski definition) is 1. The molecule has 82 valence electrons. The van der Waals surface area contributed by atoms with E-state index in [0.29, 0.717) is 6.54 Å². The lowest BCUT2D eigenvalue weighted by Crippen LogP contribution is -2.23. The van der Waals surface area contributed by atoms with Crippen molar-refractivity contribution in [3.8, 4) is 0 Å². The number of imidazole rings is 1. The molecule has 1 aromatic heterocycles. The van der Waals surface area contributed by atoms with Gasteiger partial charge in [-0.15, -0.1) is 0 Å². The third-order valence-electron chi connectivity index (χ3n) is 2.36. The molecule has 0 saturated heterocycles. The zero-order chi connectivity index (χ0) is 11.5. The lowest BCUT2D eigenvalue weighted by molar-refractivity contribution is -0.131. The van der Waals surface area contributed by atoms with Crippen LogP contribution in [0.1, 0.15) is 5.56 Å². The Labute approximate surface area is 92.1 Å². The number of rotatable bonds is 3. The molecule has 1 heterocycles. The number of aromatic nitrogens is 2. The Bertz CT molecular complexity index is 545. The molecule has 2 rings (SSSR count). The number of hydrogen-bond acceptors (Lipinski definition) is 3. The van der Waals surface area contributed by atoms with Crippen molar-refractivity contribution < 1.29 is 9.59 Å². The molecule has 0 bridgehead atoms. The average Bonchev–Trinajstić information content (AvgIpc) is 2.67. The first-order valence-corrected chi connectivity index (χ1v) is 4.83. The van der Waals surface area contributed by atoms with Crippen LogP contribution < -0.4 is 5.32 Å². The number of aryl methyl sites for hydroxylation is 1. The summed E-state index contributed by atoms with van der Waals surface area (Å²) in [5.74, 6) is -0.610. The molecule has 5 nitrogen and oxygen atoms in total. The maximum Gasteiger partial charge on any atom is 0.284 e. The van der Waals surface area contributed by atoms with Gasteiger partial charge in [0, 0.05) is 13.6 Å². The number of nitrogens with one attached hydrogen (secondary N) is 1. The van der Waals surface area contributed by atoms with E-state index in [9.17, 15) is 9.59 Å². The molecule has 0 aliphatic carbocycles. The minimum absolute atomic E-state index is 0.263. The fraction of sp³-hybridized carbons (Fsp3) is 0.182. The summed E-state index contributed by atoms with van der Waals surface area (Å²) in [6.07, 6.45) is 2.00. The van der Waals surface area contributed by atoms with Crippen LogP contribution in [0.3, 0.4) is 0 Å². The van der Waals surface area contributed by atoms with Crippen LogP contribution >= 0.6 is 0 Å². The number of carbonyl (C=O) groups excluding carboxylic acids is 2. The first-order chi connectivity index (χ1) is 7.70. The van der Waals surface area contributed by atoms with Gasteiger partial charge >= 0.3 is 0 Å². The molecule has 0 spiro atoms. The zero-order valence-corrected chi connectivity index (χ0v) is 8.80. The van der Waals surface area contributed by atoms with Gasteiger partial charge in [-0.3, -0.25) is 9.59 Å². The molecule has 5 heteroatoms. The fourth-order valence-electron chi connectivity index (χ4n) is 1.52. The molecule has 0 saturated carbocycles. The summed E-state index contributed by atoms with van der Waals surface area (Å²) >= 11 is 0. The molecule has 0 atom stereocenters. The van der Waals surface area contributed by atoms with Crippen LogP contribution in [0.5, 0.6) is 0 Å². The highest BCUT2D eigenvalue weighted by Crippen LogP contribution is 2.13. The molecule has 1 N–H and O–H groups in total. The maximum absolute atomic E-state index is 10.8. The summed E-state index contributed by atoms with van der Waals surface area (Å²) in [4.78, 5) is 25.1. The Morgan fingerprint density at radius 3 is 3.12 bits per heavy atom. The predicted molar refractivity (Wildman–Crippen MR) is 58.6 cm³/mol. The minimum Gasteiger partial charge on any atom is -0.346 e. The van der Waals surface area contributed by atoms with Gasteiger partial charge in [-0.2, -0.15) is 0 Å². The summed E-state index contributed by atoms with van der Waals surface area (Å²) in [7, 11) is 1.92. The fourth-order valence-corrected chi connectivity index (χ4v) is 1.52. The summed E-state index contributed by atoms with van der Waals surface area (Å²) in [5.41, 5.74) is 2.83. The van der Waals surface area contributed by atoms with Gasteiger partial charge in [0.25, 0.3) is 5.91 Å². The second-order valence-corrected chi connectivity index (χ2v) is 3.51. The SMILES string of the molecule is Cn1cnc2cc(CNC(=O)C=O)ccc21. The van der Waals surface area contributed by atoms with E-state index in [1.807, 2.05) is 29.8 Å². The van der Waals surface area contributed by atoms with Crippen molar-refractivity contribution in [1.29, 1.82) is 0 Å². The molecule has 0 aliphatic heterocycles. The van der Waals surface area contributed by atoms with Gasteiger partial charge in [-0.05, 0) is 17.7 Å². The van der Waals surface area contributed by atoms with E-state index >= 15 is 0 Å². The van der Waals surface area contributed by atoms with Crippen LogP contribution in [0, 0.1) is 0 Å². The Kier molecular flexibility index (Phi) is 2.68. The summed E-state index contributed by atoms with van der Waals surface area (Å²) in [6.45, 7) is 0.337. The molecular formula is C11H11N3O2. The first-order valence-electron chi connectivity index (χ1n) is 4.83. The monoisotopic (exact) mass is 217 g/mol. The number of aldehydes is 1. The number of amides is 1. The Morgan fingerprint density at radius 2 is 2.38 bits per heavy atom. The van der Waals surface area contributed by atoms with E-state index in [2.05, 4.69) is 10.3 Å². The molecule has 16 heavy (non-hydrogen) atoms. The van der Waals surface area contributed by atoms with Gasteiger partial charge in [0.2, 0.25) is 6.29 Å². The largest absolute Gasteiger partial charge is 0.346 e. The van der Waals surface area contributed by atoms with Crippen molar-refractivity contribution in [3.63, 3.8) is 0 Å². The lowest BCUT2D eigenvalue weighted by Gasteiger charge is -2.02. The third-order valence-corrected chi connectivity index (χ3v) is 2.36. The van der Waals surface area contributed by atoms with E-state index < -0.39 is 5.91 Å². The zero-order valence-electron chi connectivity index (χ0n) is 8.80. The van der Waals surface area contributed by atoms with Crippen LogP contribution in [0.15, 0.2) is 24.5 Å². The van der Waals surface area contributed by atoms with Gasteiger partial charge in [-0.25, -0.2) is 4.98 Å². The van der Waals surface area contributed by atoms with Gasteiger partial charge in [-0.1, -0.05) is 6.07 Å². The van der Waals surface area contributed by atoms with E-state index in [0.717, 1.165) is 16.6 Å². The maximum atomic E-state index is 10.8. The van der Waals surface area contributed by atoms with Crippen molar-refractivity contribution in [2.45, 2.75) is 6.54 Å². The highest BCUT2D eigenvalue weighted by molar-refractivity contribution is 6.23. The number of fused-ring (bicyclic) bond motifs is 1. The van der Waals surface area contributed by atoms with E-state index in [1.165, 1.54) is 0 Å². The molecule has 0 radical (unpaired) electrons. The highest BCUT2D eigenvalue weighted by atomic mass is 16.2. The minimum atomic E-state index is -0.610. The van der Waals surface area contributed by atoms with E-state index in [1.54, 1.807) is 6.33 Å². The van der Waals surface area contributed by atoms with Gasteiger partial charge < -0.3 is 9.88 Å². The molecule has 1 aromatic carbocycles. The van der Waals surface area contributed by atoms with Crippen LogP contribution in [-0.4, -0.2) is 21.7 Å². The Hall–Kier alpha value is -2.17. The molecule has 0 aliphatic rings. The standard InChI is InChI=1S/C11H11N3O2/c1-14-7-13-9-4-8(2-3-10(9)14)5-12-11(16)6-15/h2-4,6-7H,5H2,1H3,(H,12,16). The molecule has 0 unspecified atom stereocenters. The summed E-state index contributed by atoms with van der Waals surface area (Å²) < 4.78 is 1.92. The van der Waals surface area contributed by atoms with Crippen LogP contribution in [0.25, 0.3) is 11.0 Å². The summed E-state index contributed by atoms with van der Waals surface area (Å²) in [5, 5.41) is 2.48. The molecule has 2 aromatic rings. The second-order valence-electron chi connectivity index (χ2n) is 3.51. The van der Waals surface area contributed by atoms with Crippen molar-refractivity contribution in [2.75, 3.05) is 0 Å². The Balaban J connectivity index is 2.19. The molecule has 0 fully saturated rings. The number of nitrogens with zero attached hydrogens (tertiary/aromatic N) is 2. The van der Waals surface area contributed by atoms with E-state index in [-0.39, 0.29) is 6.29 Å². The van der Waals surface area contributed by atoms with Crippen LogP contribution in [-0.2, 0) is 23.2 Å². The van der Waals surface area contributed by atoms with E-state index in [4.69, 9.17) is 0 Å². The third kappa shape index (κ3) is 1.93. The number of carbonyl (C=O) groups is 2. The summed E-state index contributed by atoms with van der Waals surface area (Å²) in [6, 6.07) is 5.72. The highest BCUT2D eigenvalue weighted by Gasteiger charge is 2.02. The van der Waals surface area contributed by atoms with Crippen molar-refractivity contribution >= 4 is 23.2 Å². The number of benzene rings is 1. The van der Waals surface area contributed by atoms with Gasteiger partial charge in [0.15, 0.2) is 0 Å². The second kappa shape index (κ2) is 4.14. The van der Waals surface area contributed by atoms with Crippen molar-refractivity contribution in [3.05, 3.63) is 30.1 Å². The van der Waals surface area contributed by atoms with Crippen LogP contribution in [0.4, 0.5) is 0 Å². The van der Waals surface area contributed by atoms with Crippen molar-refractivity contribution in [1.82, 2.24) is 14.9 Å². The quantitative estimate of drug-likeness (QED) is 0.597. The average molecular weight is 217 g/mol. The predicted octanol–water partition coefficient (Wildman–Crippen LogP) is 0.388. The molecule has 1 amide bonds. The van der Waals surface area contributed by atoms with Gasteiger partial charge in [0.05, 0.1) is 17.4 Å². The lowest BCUT2D eigenvalue weighted by atomic mass is 10.2. The topological polar surface area (TPSA) is 64.0 Å². The smallest absolute Gasteiger partial charge is 0.284 e. The molecular weight excluding hydrogens is 206 g/mol. The normalized spacial score (nSPS) is 10.3. The first kappa shape index (κ1) is 10.4. The Morgan fingerprint density at radius 1 is 1.56 bits per heavy atom. The van der Waals surface area contributed by atoms with Gasteiger partial charge in [0.1, 0.15) is 0 Å². The van der Waals surface area contributed by atoms with Crippen molar-refractivity contribution in [2.24, 2.45) is 7.05 Å². The van der Waals surface area contributed by atoms with Crippen LogP contribution in [0.2, 0.25) is 0 Å².